The highest BCUT2D eigenvalue weighted by Crippen LogP contribution is 2.30. The van der Waals surface area contributed by atoms with Gasteiger partial charge in [-0.3, -0.25) is 4.40 Å². The van der Waals surface area contributed by atoms with E-state index in [-0.39, 0.29) is 0 Å². The molecule has 0 unspecified atom stereocenters. The van der Waals surface area contributed by atoms with Crippen molar-refractivity contribution in [1.29, 1.82) is 0 Å². The third-order valence-electron chi connectivity index (χ3n) is 4.03. The van der Waals surface area contributed by atoms with Crippen molar-refractivity contribution >= 4 is 50.0 Å². The molecule has 0 saturated carbocycles. The molecule has 0 radical (unpaired) electrons. The van der Waals surface area contributed by atoms with Crippen LogP contribution in [-0.2, 0) is 11.2 Å². The second-order valence-corrected chi connectivity index (χ2v) is 7.63. The lowest BCUT2D eigenvalue weighted by molar-refractivity contribution is -0.107. The molecule has 0 aliphatic carbocycles. The maximum atomic E-state index is 10.6. The van der Waals surface area contributed by atoms with E-state index in [0.29, 0.717) is 6.42 Å². The Kier molecular flexibility index (Phi) is 4.57. The van der Waals surface area contributed by atoms with Crippen molar-refractivity contribution in [1.82, 2.24) is 14.4 Å². The van der Waals surface area contributed by atoms with Gasteiger partial charge in [-0.15, -0.1) is 11.3 Å². The topological polar surface area (TPSA) is 59.3 Å². The van der Waals surface area contributed by atoms with Gasteiger partial charge in [-0.25, -0.2) is 9.97 Å². The fourth-order valence-corrected chi connectivity index (χ4v) is 3.88. The van der Waals surface area contributed by atoms with E-state index in [4.69, 9.17) is 4.98 Å². The number of thiazole rings is 1. The summed E-state index contributed by atoms with van der Waals surface area (Å²) in [7, 11) is 0. The lowest BCUT2D eigenvalue weighted by atomic mass is 10.1. The summed E-state index contributed by atoms with van der Waals surface area (Å²) in [5.41, 5.74) is 5.66. The second-order valence-electron chi connectivity index (χ2n) is 5.85. The number of halogens is 1. The zero-order chi connectivity index (χ0) is 18.1. The minimum absolute atomic E-state index is 0.435. The van der Waals surface area contributed by atoms with Crippen molar-refractivity contribution in [3.63, 3.8) is 0 Å². The lowest BCUT2D eigenvalue weighted by Crippen LogP contribution is -1.93. The van der Waals surface area contributed by atoms with Gasteiger partial charge in [0, 0.05) is 28.2 Å². The van der Waals surface area contributed by atoms with Gasteiger partial charge >= 0.3 is 0 Å². The molecule has 5 nitrogen and oxygen atoms in total. The summed E-state index contributed by atoms with van der Waals surface area (Å²) >= 11 is 5.06. The summed E-state index contributed by atoms with van der Waals surface area (Å²) in [4.78, 5) is 19.9. The quantitative estimate of drug-likeness (QED) is 0.455. The van der Waals surface area contributed by atoms with Crippen LogP contribution in [0.15, 0.2) is 52.4 Å². The number of rotatable bonds is 5. The van der Waals surface area contributed by atoms with Crippen LogP contribution in [0.4, 0.5) is 10.8 Å². The Bertz CT molecular complexity index is 1080. The van der Waals surface area contributed by atoms with Crippen LogP contribution in [0.3, 0.4) is 0 Å². The second kappa shape index (κ2) is 7.01. The summed E-state index contributed by atoms with van der Waals surface area (Å²) in [6.07, 6.45) is 3.35. The van der Waals surface area contributed by atoms with Crippen LogP contribution in [-0.4, -0.2) is 20.7 Å². The molecule has 130 valence electrons. The van der Waals surface area contributed by atoms with E-state index in [2.05, 4.69) is 26.2 Å². The Hall–Kier alpha value is -2.51. The van der Waals surface area contributed by atoms with E-state index in [9.17, 15) is 4.79 Å². The molecule has 4 rings (SSSR count). The number of fused-ring (bicyclic) bond motifs is 1. The Morgan fingerprint density at radius 2 is 2.00 bits per heavy atom. The van der Waals surface area contributed by atoms with E-state index < -0.39 is 0 Å². The van der Waals surface area contributed by atoms with Gasteiger partial charge in [0.1, 0.15) is 17.6 Å². The molecule has 3 heterocycles. The maximum Gasteiger partial charge on any atom is 0.187 e. The highest BCUT2D eigenvalue weighted by Gasteiger charge is 2.14. The maximum absolute atomic E-state index is 10.6. The zero-order valence-electron chi connectivity index (χ0n) is 13.9. The van der Waals surface area contributed by atoms with E-state index >= 15 is 0 Å². The van der Waals surface area contributed by atoms with Crippen molar-refractivity contribution in [3.05, 3.63) is 63.7 Å². The number of carbonyl (C=O) groups is 1. The van der Waals surface area contributed by atoms with Gasteiger partial charge in [-0.2, -0.15) is 0 Å². The Balaban J connectivity index is 1.63. The summed E-state index contributed by atoms with van der Waals surface area (Å²) in [5.74, 6) is 0. The molecule has 26 heavy (non-hydrogen) atoms. The van der Waals surface area contributed by atoms with Crippen LogP contribution in [0.1, 0.15) is 11.3 Å². The van der Waals surface area contributed by atoms with E-state index in [1.165, 1.54) is 0 Å². The predicted molar refractivity (Wildman–Crippen MR) is 108 cm³/mol. The lowest BCUT2D eigenvalue weighted by Gasteiger charge is -2.03. The first-order valence-corrected chi connectivity index (χ1v) is 9.71. The third kappa shape index (κ3) is 3.27. The van der Waals surface area contributed by atoms with Gasteiger partial charge in [-0.1, -0.05) is 12.1 Å². The van der Waals surface area contributed by atoms with E-state index in [0.717, 1.165) is 49.9 Å². The molecule has 4 aromatic rings. The van der Waals surface area contributed by atoms with Crippen molar-refractivity contribution in [2.75, 3.05) is 5.32 Å². The van der Waals surface area contributed by atoms with Crippen LogP contribution >= 0.6 is 27.3 Å². The van der Waals surface area contributed by atoms with Crippen LogP contribution in [0.25, 0.3) is 17.0 Å². The SMILES string of the molecule is Cc1nc2ccc(Br)cn2c1-c1csc(Nc2ccc(CC=O)cc2)n1. The number of hydrogen-bond acceptors (Lipinski definition) is 5. The molecule has 0 fully saturated rings. The Morgan fingerprint density at radius 1 is 1.19 bits per heavy atom. The highest BCUT2D eigenvalue weighted by molar-refractivity contribution is 9.10. The number of anilines is 2. The smallest absolute Gasteiger partial charge is 0.187 e. The molecule has 0 atom stereocenters. The molecule has 0 bridgehead atoms. The summed E-state index contributed by atoms with van der Waals surface area (Å²) < 4.78 is 3.04. The third-order valence-corrected chi connectivity index (χ3v) is 5.25. The van der Waals surface area contributed by atoms with Crippen LogP contribution in [0.2, 0.25) is 0 Å². The van der Waals surface area contributed by atoms with Crippen LogP contribution < -0.4 is 5.32 Å². The molecule has 0 spiro atoms. The molecule has 0 amide bonds. The minimum Gasteiger partial charge on any atom is -0.332 e. The van der Waals surface area contributed by atoms with Gasteiger partial charge in [0.15, 0.2) is 5.13 Å². The molecular formula is C19H15BrN4OS. The number of aldehydes is 1. The number of carbonyl (C=O) groups excluding carboxylic acids is 1. The fourth-order valence-electron chi connectivity index (χ4n) is 2.83. The summed E-state index contributed by atoms with van der Waals surface area (Å²) in [5, 5.41) is 6.16. The van der Waals surface area contributed by atoms with Crippen LogP contribution in [0, 0.1) is 6.92 Å². The highest BCUT2D eigenvalue weighted by atomic mass is 79.9. The van der Waals surface area contributed by atoms with Gasteiger partial charge in [-0.05, 0) is 52.7 Å². The summed E-state index contributed by atoms with van der Waals surface area (Å²) in [6.45, 7) is 1.99. The normalized spacial score (nSPS) is 11.0. The number of nitrogens with one attached hydrogen (secondary N) is 1. The van der Waals surface area contributed by atoms with Gasteiger partial charge in [0.25, 0.3) is 0 Å². The first-order valence-electron chi connectivity index (χ1n) is 8.04. The Morgan fingerprint density at radius 3 is 2.77 bits per heavy atom. The first kappa shape index (κ1) is 16.9. The van der Waals surface area contributed by atoms with Crippen LogP contribution in [0.5, 0.6) is 0 Å². The number of hydrogen-bond donors (Lipinski definition) is 1. The largest absolute Gasteiger partial charge is 0.332 e. The number of aromatic nitrogens is 3. The molecule has 0 aliphatic heterocycles. The van der Waals surface area contributed by atoms with Gasteiger partial charge in [0.2, 0.25) is 0 Å². The number of benzene rings is 1. The number of nitrogens with zero attached hydrogens (tertiary/aromatic N) is 3. The molecule has 0 saturated heterocycles. The van der Waals surface area contributed by atoms with Gasteiger partial charge in [0.05, 0.1) is 11.4 Å². The van der Waals surface area contributed by atoms with Gasteiger partial charge < -0.3 is 10.1 Å². The standard InChI is InChI=1S/C19H15BrN4OS/c1-12-18(24-10-14(20)4-7-17(24)21-12)16-11-26-19(23-16)22-15-5-2-13(3-6-15)8-9-25/h2-7,9-11H,8H2,1H3,(H,22,23). The van der Waals surface area contributed by atoms with Crippen molar-refractivity contribution in [2.24, 2.45) is 0 Å². The van der Waals surface area contributed by atoms with E-state index in [1.807, 2.05) is 59.3 Å². The van der Waals surface area contributed by atoms with Crippen molar-refractivity contribution in [2.45, 2.75) is 13.3 Å². The number of imidazole rings is 1. The average Bonchev–Trinajstić information content (AvgIpc) is 3.20. The molecule has 0 aliphatic rings. The molecule has 7 heteroatoms. The molecule has 3 aromatic heterocycles. The van der Waals surface area contributed by atoms with E-state index in [1.54, 1.807) is 11.3 Å². The summed E-state index contributed by atoms with van der Waals surface area (Å²) in [6, 6.07) is 11.8. The first-order chi connectivity index (χ1) is 12.6. The molecule has 1 N–H and O–H groups in total. The number of pyridine rings is 1. The zero-order valence-corrected chi connectivity index (χ0v) is 16.3. The number of aryl methyl sites for hydroxylation is 1. The minimum atomic E-state index is 0.435. The molecule has 1 aromatic carbocycles. The average molecular weight is 427 g/mol. The Labute approximate surface area is 162 Å². The predicted octanol–water partition coefficient (Wildman–Crippen LogP) is 5.01. The van der Waals surface area contributed by atoms with Crippen molar-refractivity contribution in [3.8, 4) is 11.4 Å². The monoisotopic (exact) mass is 426 g/mol. The van der Waals surface area contributed by atoms with Crippen molar-refractivity contribution < 1.29 is 4.79 Å². The fraction of sp³-hybridized carbons (Fsp3) is 0.105. The molecular weight excluding hydrogens is 412 g/mol.